The molecular weight excluding hydrogens is 664 g/mol. The molecule has 14 heteroatoms. The third-order valence-electron chi connectivity index (χ3n) is 8.45. The van der Waals surface area contributed by atoms with Crippen molar-refractivity contribution < 1.29 is 41.9 Å². The number of unbranched alkanes of at least 4 members (excludes halogenated alkanes) is 1. The van der Waals surface area contributed by atoms with Crippen LogP contribution in [0.2, 0.25) is 0 Å². The molecular formula is C36H56N4O9S. The molecule has 1 saturated heterocycles. The largest absolute Gasteiger partial charge is 0.371 e. The molecule has 0 aromatic heterocycles. The number of benzene rings is 1. The van der Waals surface area contributed by atoms with Gasteiger partial charge in [-0.05, 0) is 45.1 Å². The van der Waals surface area contributed by atoms with Crippen LogP contribution in [0.4, 0.5) is 0 Å². The molecule has 3 amide bonds. The highest BCUT2D eigenvalue weighted by atomic mass is 32.2. The standard InChI is InChI=1S/C36H56N4O9S/c1-8-10-14-25(33(44)28(41)17-18-30(43)38-32(34(37)45)24-15-12-11-13-16-24)20-29(42)27-21-26(49-36(5,6)7)22-40(27)35(46)31(23(3)4)39-50(47,48)19-9-2/h11-13,15-16,23,25-27,31-32,39H,8-10,14,17-22H2,1-7H3,(H2,37,45)(H,38,43)/t25?,26-,27+,31+,32+/m1/s1. The molecule has 13 nitrogen and oxygen atoms in total. The number of hydrogen-bond acceptors (Lipinski definition) is 9. The van der Waals surface area contributed by atoms with Crippen LogP contribution in [0.25, 0.3) is 0 Å². The molecule has 0 saturated carbocycles. The Balaban J connectivity index is 2.24. The molecule has 1 unspecified atom stereocenters. The van der Waals surface area contributed by atoms with Crippen LogP contribution in [-0.4, -0.2) is 84.5 Å². The van der Waals surface area contributed by atoms with Crippen molar-refractivity contribution in [3.05, 3.63) is 35.9 Å². The number of amides is 3. The van der Waals surface area contributed by atoms with Gasteiger partial charge < -0.3 is 20.7 Å². The van der Waals surface area contributed by atoms with Crippen LogP contribution in [0.1, 0.15) is 111 Å². The summed E-state index contributed by atoms with van der Waals surface area (Å²) in [6.45, 7) is 12.7. The first kappa shape index (κ1) is 42.7. The summed E-state index contributed by atoms with van der Waals surface area (Å²) in [5, 5.41) is 2.51. The lowest BCUT2D eigenvalue weighted by molar-refractivity contribution is -0.143. The maximum absolute atomic E-state index is 14.0. The maximum atomic E-state index is 14.0. The topological polar surface area (TPSA) is 199 Å². The van der Waals surface area contributed by atoms with Gasteiger partial charge in [0.1, 0.15) is 12.1 Å². The molecule has 1 aromatic carbocycles. The molecule has 2 rings (SSSR count). The van der Waals surface area contributed by atoms with Crippen LogP contribution in [0, 0.1) is 11.8 Å². The first-order chi connectivity index (χ1) is 23.3. The Kier molecular flexibility index (Phi) is 16.4. The number of nitrogens with zero attached hydrogens (tertiary/aromatic N) is 1. The van der Waals surface area contributed by atoms with E-state index in [-0.39, 0.29) is 38.0 Å². The van der Waals surface area contributed by atoms with Gasteiger partial charge >= 0.3 is 0 Å². The van der Waals surface area contributed by atoms with Crippen molar-refractivity contribution in [3.8, 4) is 0 Å². The Labute approximate surface area is 296 Å². The molecule has 0 aliphatic carbocycles. The van der Waals surface area contributed by atoms with Crippen molar-refractivity contribution in [1.82, 2.24) is 14.9 Å². The Morgan fingerprint density at radius 3 is 2.18 bits per heavy atom. The first-order valence-corrected chi connectivity index (χ1v) is 19.2. The molecule has 0 radical (unpaired) electrons. The minimum atomic E-state index is -3.76. The normalized spacial score (nSPS) is 18.4. The van der Waals surface area contributed by atoms with E-state index in [2.05, 4.69) is 10.0 Å². The molecule has 50 heavy (non-hydrogen) atoms. The van der Waals surface area contributed by atoms with Crippen LogP contribution in [-0.2, 0) is 43.5 Å². The fourth-order valence-corrected chi connectivity index (χ4v) is 7.45. The predicted molar refractivity (Wildman–Crippen MR) is 189 cm³/mol. The highest BCUT2D eigenvalue weighted by Gasteiger charge is 2.45. The van der Waals surface area contributed by atoms with Crippen LogP contribution in [0.15, 0.2) is 30.3 Å². The molecule has 280 valence electrons. The van der Waals surface area contributed by atoms with Gasteiger partial charge in [-0.25, -0.2) is 13.1 Å². The number of ether oxygens (including phenoxy) is 1. The first-order valence-electron chi connectivity index (χ1n) is 17.5. The maximum Gasteiger partial charge on any atom is 0.244 e. The number of likely N-dealkylation sites (tertiary alicyclic amines) is 1. The van der Waals surface area contributed by atoms with E-state index in [9.17, 15) is 37.2 Å². The van der Waals surface area contributed by atoms with Crippen LogP contribution in [0.5, 0.6) is 0 Å². The minimum Gasteiger partial charge on any atom is -0.371 e. The smallest absolute Gasteiger partial charge is 0.244 e. The third-order valence-corrected chi connectivity index (χ3v) is 10.0. The van der Waals surface area contributed by atoms with Gasteiger partial charge in [-0.1, -0.05) is 70.9 Å². The molecule has 0 spiro atoms. The lowest BCUT2D eigenvalue weighted by atomic mass is 9.87. The zero-order valence-electron chi connectivity index (χ0n) is 30.5. The third kappa shape index (κ3) is 13.3. The number of primary amides is 1. The van der Waals surface area contributed by atoms with Crippen LogP contribution in [0.3, 0.4) is 0 Å². The lowest BCUT2D eigenvalue weighted by Gasteiger charge is -2.31. The number of Topliss-reactive ketones (excluding diaryl/α,β-unsaturated/α-hetero) is 3. The average molecular weight is 721 g/mol. The highest BCUT2D eigenvalue weighted by Crippen LogP contribution is 2.29. The van der Waals surface area contributed by atoms with E-state index in [0.29, 0.717) is 24.8 Å². The molecule has 1 heterocycles. The molecule has 4 N–H and O–H groups in total. The summed E-state index contributed by atoms with van der Waals surface area (Å²) in [5.41, 5.74) is 5.36. The molecule has 5 atom stereocenters. The number of nitrogens with two attached hydrogens (primary N) is 1. The second-order valence-corrected chi connectivity index (χ2v) is 16.2. The zero-order valence-corrected chi connectivity index (χ0v) is 31.3. The Morgan fingerprint density at radius 2 is 1.64 bits per heavy atom. The molecule has 1 aliphatic rings. The number of ketones is 3. The van der Waals surface area contributed by atoms with E-state index < -0.39 is 93.2 Å². The summed E-state index contributed by atoms with van der Waals surface area (Å²) in [7, 11) is -3.76. The summed E-state index contributed by atoms with van der Waals surface area (Å²) < 4.78 is 34.0. The molecule has 1 aliphatic heterocycles. The number of carbonyl (C=O) groups is 6. The summed E-state index contributed by atoms with van der Waals surface area (Å²) >= 11 is 0. The number of carbonyl (C=O) groups excluding carboxylic acids is 6. The second kappa shape index (κ2) is 19.2. The lowest BCUT2D eigenvalue weighted by Crippen LogP contribution is -2.54. The van der Waals surface area contributed by atoms with Gasteiger partial charge in [0.05, 0.1) is 23.5 Å². The van der Waals surface area contributed by atoms with Crippen molar-refractivity contribution >= 4 is 45.1 Å². The quantitative estimate of drug-likeness (QED) is 0.160. The van der Waals surface area contributed by atoms with E-state index in [4.69, 9.17) is 10.5 Å². The molecule has 1 fully saturated rings. The van der Waals surface area contributed by atoms with Crippen molar-refractivity contribution in [2.75, 3.05) is 12.3 Å². The van der Waals surface area contributed by atoms with Gasteiger partial charge in [0.2, 0.25) is 33.5 Å². The van der Waals surface area contributed by atoms with Gasteiger partial charge in [0.15, 0.2) is 11.6 Å². The average Bonchev–Trinajstić information content (AvgIpc) is 3.45. The fraction of sp³-hybridized carbons (Fsp3) is 0.667. The van der Waals surface area contributed by atoms with E-state index in [0.717, 1.165) is 0 Å². The van der Waals surface area contributed by atoms with E-state index >= 15 is 0 Å². The summed E-state index contributed by atoms with van der Waals surface area (Å²) in [6, 6.07) is 5.16. The Bertz CT molecular complexity index is 1460. The van der Waals surface area contributed by atoms with Gasteiger partial charge in [-0.3, -0.25) is 28.8 Å². The SMILES string of the molecule is CCCCC(CC(=O)[C@@H]1C[C@@H](OC(C)(C)C)CN1C(=O)[C@@H](NS(=O)(=O)CCC)C(C)C)C(=O)C(=O)CCC(=O)N[C@H](C(N)=O)c1ccccc1. The summed E-state index contributed by atoms with van der Waals surface area (Å²) in [6.07, 6.45) is 0.418. The van der Waals surface area contributed by atoms with E-state index in [1.165, 1.54) is 4.90 Å². The minimum absolute atomic E-state index is 0.0577. The van der Waals surface area contributed by atoms with Gasteiger partial charge in [0, 0.05) is 38.1 Å². The van der Waals surface area contributed by atoms with Crippen molar-refractivity contribution in [2.24, 2.45) is 17.6 Å². The highest BCUT2D eigenvalue weighted by molar-refractivity contribution is 7.89. The van der Waals surface area contributed by atoms with Gasteiger partial charge in [0.25, 0.3) is 0 Å². The summed E-state index contributed by atoms with van der Waals surface area (Å²) in [4.78, 5) is 80.5. The van der Waals surface area contributed by atoms with Crippen molar-refractivity contribution in [2.45, 2.75) is 130 Å². The molecule has 0 bridgehead atoms. The van der Waals surface area contributed by atoms with Crippen molar-refractivity contribution in [3.63, 3.8) is 0 Å². The van der Waals surface area contributed by atoms with Gasteiger partial charge in [-0.15, -0.1) is 0 Å². The fourth-order valence-electron chi connectivity index (χ4n) is 6.03. The number of sulfonamides is 1. The monoisotopic (exact) mass is 720 g/mol. The van der Waals surface area contributed by atoms with Crippen LogP contribution >= 0.6 is 0 Å². The van der Waals surface area contributed by atoms with Gasteiger partial charge in [-0.2, -0.15) is 0 Å². The Morgan fingerprint density at radius 1 is 1.00 bits per heavy atom. The number of nitrogens with one attached hydrogen (secondary N) is 2. The second-order valence-electron chi connectivity index (χ2n) is 14.4. The van der Waals surface area contributed by atoms with Crippen molar-refractivity contribution in [1.29, 1.82) is 0 Å². The number of rotatable bonds is 21. The summed E-state index contributed by atoms with van der Waals surface area (Å²) in [5.74, 6) is -5.54. The van der Waals surface area contributed by atoms with Crippen LogP contribution < -0.4 is 15.8 Å². The predicted octanol–water partition coefficient (Wildman–Crippen LogP) is 3.15. The van der Waals surface area contributed by atoms with E-state index in [1.54, 1.807) is 51.1 Å². The Hall–Kier alpha value is -3.49. The number of hydrogen-bond donors (Lipinski definition) is 3. The molecule has 1 aromatic rings. The van der Waals surface area contributed by atoms with E-state index in [1.807, 2.05) is 27.7 Å². The zero-order chi connectivity index (χ0) is 37.8.